The molecule has 19 heavy (non-hydrogen) atoms. The van der Waals surface area contributed by atoms with Gasteiger partial charge in [0.25, 0.3) is 0 Å². The molecule has 0 saturated carbocycles. The van der Waals surface area contributed by atoms with Crippen molar-refractivity contribution in [2.45, 2.75) is 31.7 Å². The van der Waals surface area contributed by atoms with E-state index < -0.39 is 0 Å². The van der Waals surface area contributed by atoms with E-state index in [0.717, 1.165) is 50.3 Å². The Balaban J connectivity index is 2.00. The molecule has 2 heterocycles. The Morgan fingerprint density at radius 2 is 2.37 bits per heavy atom. The van der Waals surface area contributed by atoms with Crippen LogP contribution >= 0.6 is 0 Å². The molecule has 5 heteroatoms. The number of hydrogen-bond acceptors (Lipinski definition) is 4. The quantitative estimate of drug-likeness (QED) is 0.630. The molecule has 3 N–H and O–H groups in total. The molecule has 3 rings (SSSR count). The van der Waals surface area contributed by atoms with Crippen molar-refractivity contribution in [2.75, 3.05) is 25.2 Å². The van der Waals surface area contributed by atoms with Crippen LogP contribution in [0.5, 0.6) is 0 Å². The largest absolute Gasteiger partial charge is 0.384 e. The minimum absolute atomic E-state index is 0.1000. The summed E-state index contributed by atoms with van der Waals surface area (Å²) in [6.07, 6.45) is 4.25. The number of rotatable bonds is 3. The van der Waals surface area contributed by atoms with Gasteiger partial charge in [0.2, 0.25) is 0 Å². The smallest absolute Gasteiger partial charge is 0.139 e. The molecule has 0 bridgehead atoms. The fraction of sp³-hybridized carbons (Fsp3) is 0.571. The number of amidine groups is 1. The summed E-state index contributed by atoms with van der Waals surface area (Å²) in [6.45, 7) is 1.53. The van der Waals surface area contributed by atoms with E-state index >= 15 is 0 Å². The summed E-state index contributed by atoms with van der Waals surface area (Å²) in [5.41, 5.74) is 8.92. The summed E-state index contributed by atoms with van der Waals surface area (Å²) in [4.78, 5) is 6.90. The lowest BCUT2D eigenvalue weighted by Crippen LogP contribution is -2.34. The summed E-state index contributed by atoms with van der Waals surface area (Å²) in [5.74, 6) is 0.937. The predicted molar refractivity (Wildman–Crippen MR) is 74.9 cm³/mol. The number of ether oxygens (including phenoxy) is 1. The molecule has 102 valence electrons. The van der Waals surface area contributed by atoms with Crippen LogP contribution < -0.4 is 10.6 Å². The van der Waals surface area contributed by atoms with Crippen molar-refractivity contribution in [1.82, 2.24) is 4.98 Å². The van der Waals surface area contributed by atoms with Crippen LogP contribution in [0.25, 0.3) is 0 Å². The summed E-state index contributed by atoms with van der Waals surface area (Å²) < 4.78 is 5.44. The van der Waals surface area contributed by atoms with Gasteiger partial charge in [0, 0.05) is 19.3 Å². The lowest BCUT2D eigenvalue weighted by atomic mass is 10.1. The number of anilines is 1. The first-order valence-corrected chi connectivity index (χ1v) is 6.84. The Hall–Kier alpha value is -1.62. The van der Waals surface area contributed by atoms with E-state index in [9.17, 15) is 0 Å². The van der Waals surface area contributed by atoms with Gasteiger partial charge in [-0.25, -0.2) is 4.98 Å². The Morgan fingerprint density at radius 1 is 1.53 bits per heavy atom. The molecule has 1 unspecified atom stereocenters. The molecule has 1 aromatic rings. The van der Waals surface area contributed by atoms with E-state index in [0.29, 0.717) is 6.04 Å². The van der Waals surface area contributed by atoms with Crippen LogP contribution in [-0.4, -0.2) is 37.1 Å². The highest BCUT2D eigenvalue weighted by molar-refractivity contribution is 6.00. The second kappa shape index (κ2) is 4.81. The molecule has 0 aromatic carbocycles. The Kier molecular flexibility index (Phi) is 3.14. The molecular formula is C14H20N4O. The number of aromatic nitrogens is 1. The molecule has 0 radical (unpaired) electrons. The van der Waals surface area contributed by atoms with Crippen molar-refractivity contribution < 1.29 is 4.74 Å². The maximum absolute atomic E-state index is 7.78. The summed E-state index contributed by atoms with van der Waals surface area (Å²) in [6, 6.07) is 2.39. The van der Waals surface area contributed by atoms with Crippen LogP contribution in [-0.2, 0) is 17.6 Å². The van der Waals surface area contributed by atoms with E-state index in [2.05, 4.69) is 11.0 Å². The molecule has 1 aliphatic carbocycles. The van der Waals surface area contributed by atoms with E-state index in [1.54, 1.807) is 0 Å². The van der Waals surface area contributed by atoms with E-state index in [-0.39, 0.29) is 5.84 Å². The van der Waals surface area contributed by atoms with E-state index in [1.807, 2.05) is 7.05 Å². The third kappa shape index (κ3) is 2.18. The molecule has 0 spiro atoms. The predicted octanol–water partition coefficient (Wildman–Crippen LogP) is 1.08. The van der Waals surface area contributed by atoms with Gasteiger partial charge in [-0.1, -0.05) is 0 Å². The monoisotopic (exact) mass is 260 g/mol. The van der Waals surface area contributed by atoms with Crippen molar-refractivity contribution in [3.8, 4) is 0 Å². The van der Waals surface area contributed by atoms with Gasteiger partial charge in [0.05, 0.1) is 18.2 Å². The lowest BCUT2D eigenvalue weighted by molar-refractivity contribution is 0.193. The standard InChI is InChI=1S/C14H20N4O/c1-18(10-5-6-19-8-10)14-11(13(15)16)7-9-3-2-4-12(9)17-14/h7,10H,2-6,8H2,1H3,(H3,15,16). The van der Waals surface area contributed by atoms with Crippen molar-refractivity contribution in [3.05, 3.63) is 22.9 Å². The van der Waals surface area contributed by atoms with Gasteiger partial charge >= 0.3 is 0 Å². The molecule has 5 nitrogen and oxygen atoms in total. The average molecular weight is 260 g/mol. The zero-order valence-electron chi connectivity index (χ0n) is 11.3. The molecule has 2 aliphatic rings. The number of hydrogen-bond donors (Lipinski definition) is 2. The molecule has 1 aliphatic heterocycles. The molecule has 1 saturated heterocycles. The molecule has 1 fully saturated rings. The molecule has 1 atom stereocenters. The lowest BCUT2D eigenvalue weighted by Gasteiger charge is -2.27. The van der Waals surface area contributed by atoms with Crippen molar-refractivity contribution in [2.24, 2.45) is 5.73 Å². The highest BCUT2D eigenvalue weighted by atomic mass is 16.5. The third-order valence-corrected chi connectivity index (χ3v) is 4.11. The minimum atomic E-state index is 0.1000. The zero-order valence-corrected chi connectivity index (χ0v) is 11.3. The summed E-state index contributed by atoms with van der Waals surface area (Å²) in [5, 5.41) is 7.78. The van der Waals surface area contributed by atoms with Gasteiger partial charge in [-0.15, -0.1) is 0 Å². The van der Waals surface area contributed by atoms with Crippen LogP contribution in [0.4, 0.5) is 5.82 Å². The van der Waals surface area contributed by atoms with Crippen LogP contribution in [0.3, 0.4) is 0 Å². The van der Waals surface area contributed by atoms with Gasteiger partial charge < -0.3 is 15.4 Å². The van der Waals surface area contributed by atoms with Crippen molar-refractivity contribution in [3.63, 3.8) is 0 Å². The molecule has 0 amide bonds. The number of nitrogens with two attached hydrogens (primary N) is 1. The number of nitrogen functional groups attached to an aromatic ring is 1. The Morgan fingerprint density at radius 3 is 3.05 bits per heavy atom. The van der Waals surface area contributed by atoms with Crippen LogP contribution in [0.2, 0.25) is 0 Å². The first-order chi connectivity index (χ1) is 9.16. The number of fused-ring (bicyclic) bond motifs is 1. The minimum Gasteiger partial charge on any atom is -0.384 e. The number of nitrogens with zero attached hydrogens (tertiary/aromatic N) is 2. The second-order valence-electron chi connectivity index (χ2n) is 5.36. The summed E-state index contributed by atoms with van der Waals surface area (Å²) >= 11 is 0. The normalized spacial score (nSPS) is 21.4. The Bertz CT molecular complexity index is 508. The van der Waals surface area contributed by atoms with Crippen LogP contribution in [0, 0.1) is 5.41 Å². The number of nitrogens with one attached hydrogen (secondary N) is 1. The van der Waals surface area contributed by atoms with E-state index in [4.69, 9.17) is 20.9 Å². The zero-order chi connectivity index (χ0) is 13.4. The first kappa shape index (κ1) is 12.4. The molecular weight excluding hydrogens is 240 g/mol. The highest BCUT2D eigenvalue weighted by Gasteiger charge is 2.26. The van der Waals surface area contributed by atoms with Crippen LogP contribution in [0.15, 0.2) is 6.07 Å². The highest BCUT2D eigenvalue weighted by Crippen LogP contribution is 2.28. The van der Waals surface area contributed by atoms with Gasteiger partial charge in [-0.3, -0.25) is 5.41 Å². The fourth-order valence-electron chi connectivity index (χ4n) is 2.93. The maximum atomic E-state index is 7.78. The molecule has 1 aromatic heterocycles. The van der Waals surface area contributed by atoms with Crippen LogP contribution in [0.1, 0.15) is 29.7 Å². The first-order valence-electron chi connectivity index (χ1n) is 6.84. The number of aryl methyl sites for hydroxylation is 2. The van der Waals surface area contributed by atoms with E-state index in [1.165, 1.54) is 11.3 Å². The van der Waals surface area contributed by atoms with Gasteiger partial charge in [0.15, 0.2) is 0 Å². The summed E-state index contributed by atoms with van der Waals surface area (Å²) in [7, 11) is 2.02. The second-order valence-corrected chi connectivity index (χ2v) is 5.36. The topological polar surface area (TPSA) is 75.2 Å². The average Bonchev–Trinajstić information content (AvgIpc) is 3.06. The van der Waals surface area contributed by atoms with Gasteiger partial charge in [-0.2, -0.15) is 0 Å². The Labute approximate surface area is 113 Å². The van der Waals surface area contributed by atoms with Gasteiger partial charge in [0.1, 0.15) is 11.7 Å². The van der Waals surface area contributed by atoms with Crippen molar-refractivity contribution in [1.29, 1.82) is 5.41 Å². The number of pyridine rings is 1. The number of likely N-dealkylation sites (N-methyl/N-ethyl adjacent to an activating group) is 1. The van der Waals surface area contributed by atoms with Gasteiger partial charge in [-0.05, 0) is 37.3 Å². The fourth-order valence-corrected chi connectivity index (χ4v) is 2.93. The van der Waals surface area contributed by atoms with Crippen molar-refractivity contribution >= 4 is 11.7 Å². The SMILES string of the molecule is CN(c1nc2c(cc1C(=N)N)CCC2)C1CCOC1. The maximum Gasteiger partial charge on any atom is 0.139 e. The third-order valence-electron chi connectivity index (χ3n) is 4.11.